The van der Waals surface area contributed by atoms with Crippen LogP contribution in [-0.4, -0.2) is 59.6 Å². The van der Waals surface area contributed by atoms with Crippen LogP contribution in [0.1, 0.15) is 25.7 Å². The van der Waals surface area contributed by atoms with Crippen molar-refractivity contribution in [2.24, 2.45) is 17.6 Å². The van der Waals surface area contributed by atoms with Crippen molar-refractivity contribution in [2.45, 2.75) is 25.7 Å². The van der Waals surface area contributed by atoms with Crippen molar-refractivity contribution in [3.05, 3.63) is 0 Å². The third-order valence-electron chi connectivity index (χ3n) is 4.17. The summed E-state index contributed by atoms with van der Waals surface area (Å²) < 4.78 is 0. The smallest absolute Gasteiger partial charge is 0.314 e. The highest BCUT2D eigenvalue weighted by Gasteiger charge is 2.32. The lowest BCUT2D eigenvalue weighted by molar-refractivity contribution is -0.139. The summed E-state index contributed by atoms with van der Waals surface area (Å²) in [5, 5.41) is 9.21. The van der Waals surface area contributed by atoms with Crippen molar-refractivity contribution < 1.29 is 14.7 Å². The molecule has 2 rings (SSSR count). The molecule has 0 aliphatic carbocycles. The number of hydrogen-bond acceptors (Lipinski definition) is 3. The first-order valence-electron chi connectivity index (χ1n) is 7.06. The summed E-state index contributed by atoms with van der Waals surface area (Å²) in [5.41, 5.74) is 5.28. The van der Waals surface area contributed by atoms with Gasteiger partial charge in [-0.2, -0.15) is 0 Å². The highest BCUT2D eigenvalue weighted by atomic mass is 16.3. The van der Waals surface area contributed by atoms with E-state index in [-0.39, 0.29) is 24.3 Å². The maximum Gasteiger partial charge on any atom is 0.314 e. The molecule has 2 saturated heterocycles. The van der Waals surface area contributed by atoms with Gasteiger partial charge in [-0.15, -0.1) is 0 Å². The van der Waals surface area contributed by atoms with Gasteiger partial charge in [0, 0.05) is 32.8 Å². The number of nitrogens with two attached hydrogens (primary N) is 1. The number of primary amides is 1. The van der Waals surface area contributed by atoms with Crippen molar-refractivity contribution in [1.82, 2.24) is 9.80 Å². The summed E-state index contributed by atoms with van der Waals surface area (Å²) in [6.07, 6.45) is 3.58. The van der Waals surface area contributed by atoms with E-state index in [9.17, 15) is 14.7 Å². The second-order valence-corrected chi connectivity index (χ2v) is 5.60. The second-order valence-electron chi connectivity index (χ2n) is 5.60. The Hall–Kier alpha value is -1.30. The summed E-state index contributed by atoms with van der Waals surface area (Å²) in [7, 11) is 0. The number of urea groups is 1. The van der Waals surface area contributed by atoms with Crippen LogP contribution in [-0.2, 0) is 4.79 Å². The minimum absolute atomic E-state index is 0.115. The molecular formula is C13H23N3O3. The first-order valence-corrected chi connectivity index (χ1v) is 7.06. The van der Waals surface area contributed by atoms with Crippen LogP contribution in [0.5, 0.6) is 0 Å². The van der Waals surface area contributed by atoms with Gasteiger partial charge in [-0.1, -0.05) is 0 Å². The van der Waals surface area contributed by atoms with Crippen LogP contribution in [0.25, 0.3) is 0 Å². The topological polar surface area (TPSA) is 86.9 Å². The predicted molar refractivity (Wildman–Crippen MR) is 70.3 cm³/mol. The van der Waals surface area contributed by atoms with Gasteiger partial charge in [0.05, 0.1) is 5.92 Å². The molecule has 0 aromatic heterocycles. The Morgan fingerprint density at radius 1 is 1.11 bits per heavy atom. The van der Waals surface area contributed by atoms with Gasteiger partial charge in [0.15, 0.2) is 0 Å². The van der Waals surface area contributed by atoms with Crippen LogP contribution in [0, 0.1) is 11.8 Å². The molecule has 3 N–H and O–H groups in total. The van der Waals surface area contributed by atoms with E-state index in [1.54, 1.807) is 4.90 Å². The lowest BCUT2D eigenvalue weighted by atomic mass is 9.93. The molecule has 2 heterocycles. The average molecular weight is 269 g/mol. The molecule has 2 aliphatic heterocycles. The SMILES string of the molecule is NC(=O)N1CCCC(C(=O)N2CCCC(CO)C2)C1. The van der Waals surface area contributed by atoms with Crippen molar-refractivity contribution in [2.75, 3.05) is 32.8 Å². The maximum atomic E-state index is 12.4. The third kappa shape index (κ3) is 3.37. The number of nitrogens with zero attached hydrogens (tertiary/aromatic N) is 2. The molecule has 2 fully saturated rings. The number of aliphatic hydroxyl groups is 1. The van der Waals surface area contributed by atoms with E-state index in [1.807, 2.05) is 4.90 Å². The molecule has 2 unspecified atom stereocenters. The molecule has 0 aromatic rings. The molecule has 0 spiro atoms. The van der Waals surface area contributed by atoms with Crippen molar-refractivity contribution in [3.63, 3.8) is 0 Å². The van der Waals surface area contributed by atoms with E-state index in [1.165, 1.54) is 0 Å². The zero-order valence-corrected chi connectivity index (χ0v) is 11.3. The van der Waals surface area contributed by atoms with E-state index < -0.39 is 6.03 Å². The maximum absolute atomic E-state index is 12.4. The van der Waals surface area contributed by atoms with Crippen LogP contribution in [0.3, 0.4) is 0 Å². The molecular weight excluding hydrogens is 246 g/mol. The summed E-state index contributed by atoms with van der Waals surface area (Å²) in [6.45, 7) is 2.64. The number of carbonyl (C=O) groups excluding carboxylic acids is 2. The fourth-order valence-corrected chi connectivity index (χ4v) is 3.05. The number of rotatable bonds is 2. The monoisotopic (exact) mass is 269 g/mol. The molecule has 2 atom stereocenters. The van der Waals surface area contributed by atoms with Crippen LogP contribution in [0.4, 0.5) is 4.79 Å². The normalized spacial score (nSPS) is 28.3. The van der Waals surface area contributed by atoms with E-state index >= 15 is 0 Å². The summed E-state index contributed by atoms with van der Waals surface area (Å²) in [4.78, 5) is 27.0. The molecule has 2 aliphatic rings. The number of hydrogen-bond donors (Lipinski definition) is 2. The Balaban J connectivity index is 1.93. The Morgan fingerprint density at radius 2 is 1.79 bits per heavy atom. The average Bonchev–Trinajstić information content (AvgIpc) is 2.46. The van der Waals surface area contributed by atoms with Gasteiger partial charge in [-0.25, -0.2) is 4.79 Å². The van der Waals surface area contributed by atoms with E-state index in [4.69, 9.17) is 5.73 Å². The fraction of sp³-hybridized carbons (Fsp3) is 0.846. The molecule has 0 saturated carbocycles. The zero-order chi connectivity index (χ0) is 13.8. The largest absolute Gasteiger partial charge is 0.396 e. The quantitative estimate of drug-likeness (QED) is 0.740. The number of aliphatic hydroxyl groups excluding tert-OH is 1. The third-order valence-corrected chi connectivity index (χ3v) is 4.17. The first-order chi connectivity index (χ1) is 9.11. The molecule has 0 bridgehead atoms. The van der Waals surface area contributed by atoms with Crippen LogP contribution in [0.15, 0.2) is 0 Å². The minimum atomic E-state index is -0.440. The summed E-state index contributed by atoms with van der Waals surface area (Å²) in [5.74, 6) is 0.191. The number of likely N-dealkylation sites (tertiary alicyclic amines) is 2. The van der Waals surface area contributed by atoms with Crippen molar-refractivity contribution in [1.29, 1.82) is 0 Å². The minimum Gasteiger partial charge on any atom is -0.396 e. The fourth-order valence-electron chi connectivity index (χ4n) is 3.05. The van der Waals surface area contributed by atoms with Gasteiger partial charge in [0.2, 0.25) is 5.91 Å². The van der Waals surface area contributed by atoms with Crippen LogP contribution < -0.4 is 5.73 Å². The van der Waals surface area contributed by atoms with Crippen LogP contribution in [0.2, 0.25) is 0 Å². The van der Waals surface area contributed by atoms with Gasteiger partial charge >= 0.3 is 6.03 Å². The van der Waals surface area contributed by atoms with Gasteiger partial charge in [0.25, 0.3) is 0 Å². The molecule has 0 radical (unpaired) electrons. The number of carbonyl (C=O) groups is 2. The number of piperidine rings is 2. The molecule has 0 aromatic carbocycles. The molecule has 19 heavy (non-hydrogen) atoms. The summed E-state index contributed by atoms with van der Waals surface area (Å²) in [6, 6.07) is -0.440. The predicted octanol–water partition coefficient (Wildman–Crippen LogP) is 0.00800. The molecule has 6 nitrogen and oxygen atoms in total. The Morgan fingerprint density at radius 3 is 2.47 bits per heavy atom. The van der Waals surface area contributed by atoms with E-state index in [0.717, 1.165) is 32.2 Å². The molecule has 3 amide bonds. The zero-order valence-electron chi connectivity index (χ0n) is 11.3. The van der Waals surface area contributed by atoms with Crippen molar-refractivity contribution in [3.8, 4) is 0 Å². The van der Waals surface area contributed by atoms with Gasteiger partial charge in [0.1, 0.15) is 0 Å². The van der Waals surface area contributed by atoms with E-state index in [0.29, 0.717) is 19.6 Å². The molecule has 6 heteroatoms. The standard InChI is InChI=1S/C13H23N3O3/c14-13(19)16-6-2-4-11(8-16)12(18)15-5-1-3-10(7-15)9-17/h10-11,17H,1-9H2,(H2,14,19). The second kappa shape index (κ2) is 6.23. The van der Waals surface area contributed by atoms with Crippen LogP contribution >= 0.6 is 0 Å². The van der Waals surface area contributed by atoms with E-state index in [2.05, 4.69) is 0 Å². The molecule has 108 valence electrons. The Bertz CT molecular complexity index is 348. The van der Waals surface area contributed by atoms with Gasteiger partial charge in [-0.05, 0) is 31.6 Å². The van der Waals surface area contributed by atoms with Gasteiger partial charge in [-0.3, -0.25) is 4.79 Å². The Kier molecular flexibility index (Phi) is 4.63. The Labute approximate surface area is 113 Å². The lowest BCUT2D eigenvalue weighted by Gasteiger charge is -2.37. The van der Waals surface area contributed by atoms with Crippen molar-refractivity contribution >= 4 is 11.9 Å². The van der Waals surface area contributed by atoms with Gasteiger partial charge < -0.3 is 20.6 Å². The number of amides is 3. The first kappa shape index (κ1) is 14.1. The lowest BCUT2D eigenvalue weighted by Crippen LogP contribution is -2.50. The highest BCUT2D eigenvalue weighted by Crippen LogP contribution is 2.22. The highest BCUT2D eigenvalue weighted by molar-refractivity contribution is 5.80. The summed E-state index contributed by atoms with van der Waals surface area (Å²) >= 11 is 0.